The maximum Gasteiger partial charge on any atom is 0.338 e. The van der Waals surface area contributed by atoms with Gasteiger partial charge in [-0.3, -0.25) is 9.69 Å². The minimum absolute atomic E-state index is 0.00345. The van der Waals surface area contributed by atoms with Gasteiger partial charge in [-0.05, 0) is 61.8 Å². The van der Waals surface area contributed by atoms with Crippen molar-refractivity contribution in [2.45, 2.75) is 40.5 Å². The summed E-state index contributed by atoms with van der Waals surface area (Å²) in [7, 11) is 0. The number of aryl methyl sites for hydroxylation is 2. The highest BCUT2D eigenvalue weighted by Gasteiger charge is 2.34. The summed E-state index contributed by atoms with van der Waals surface area (Å²) < 4.78 is 19.5. The number of allylic oxidation sites excluding steroid dienone is 2. The SMILES string of the molecule is CC1=C2COC(=O)C2=CCC1C(C)CN1CCN(C(=O)Cc2cc(C)c(C)cc2F)CC1. The van der Waals surface area contributed by atoms with E-state index in [1.807, 2.05) is 24.8 Å². The molecule has 2 aliphatic heterocycles. The third-order valence-electron chi connectivity index (χ3n) is 7.46. The molecule has 2 fully saturated rings. The van der Waals surface area contributed by atoms with E-state index in [0.29, 0.717) is 37.1 Å². The Bertz CT molecular complexity index is 989. The minimum atomic E-state index is -0.294. The van der Waals surface area contributed by atoms with Crippen LogP contribution in [-0.4, -0.2) is 61.0 Å². The summed E-state index contributed by atoms with van der Waals surface area (Å²) in [5, 5.41) is 0. The molecule has 3 aliphatic rings. The number of carbonyl (C=O) groups excluding carboxylic acids is 2. The van der Waals surface area contributed by atoms with E-state index in [9.17, 15) is 14.0 Å². The van der Waals surface area contributed by atoms with Gasteiger partial charge in [0.15, 0.2) is 0 Å². The quantitative estimate of drug-likeness (QED) is 0.657. The van der Waals surface area contributed by atoms with Crippen molar-refractivity contribution in [1.29, 1.82) is 0 Å². The molecule has 0 spiro atoms. The first kappa shape index (κ1) is 22.7. The summed E-state index contributed by atoms with van der Waals surface area (Å²) >= 11 is 0. The molecule has 0 saturated carbocycles. The predicted octanol–water partition coefficient (Wildman–Crippen LogP) is 3.58. The van der Waals surface area contributed by atoms with E-state index in [0.717, 1.165) is 48.3 Å². The zero-order chi connectivity index (χ0) is 23.0. The Morgan fingerprint density at radius 2 is 1.84 bits per heavy atom. The van der Waals surface area contributed by atoms with Crippen molar-refractivity contribution in [2.24, 2.45) is 11.8 Å². The maximum atomic E-state index is 14.3. The lowest BCUT2D eigenvalue weighted by Crippen LogP contribution is -2.50. The number of carbonyl (C=O) groups is 2. The number of benzene rings is 1. The molecule has 5 nitrogen and oxygen atoms in total. The van der Waals surface area contributed by atoms with Gasteiger partial charge in [-0.1, -0.05) is 24.6 Å². The number of esters is 1. The van der Waals surface area contributed by atoms with Gasteiger partial charge in [-0.15, -0.1) is 0 Å². The molecule has 2 heterocycles. The maximum absolute atomic E-state index is 14.3. The van der Waals surface area contributed by atoms with Crippen molar-refractivity contribution in [3.63, 3.8) is 0 Å². The molecule has 1 aliphatic carbocycles. The summed E-state index contributed by atoms with van der Waals surface area (Å²) in [4.78, 5) is 28.8. The van der Waals surface area contributed by atoms with Crippen LogP contribution >= 0.6 is 0 Å². The van der Waals surface area contributed by atoms with Gasteiger partial charge in [0.25, 0.3) is 0 Å². The van der Waals surface area contributed by atoms with Crippen LogP contribution in [0.5, 0.6) is 0 Å². The number of hydrogen-bond acceptors (Lipinski definition) is 4. The van der Waals surface area contributed by atoms with Crippen LogP contribution in [0.4, 0.5) is 4.39 Å². The van der Waals surface area contributed by atoms with Gasteiger partial charge in [-0.25, -0.2) is 9.18 Å². The number of cyclic esters (lactones) is 1. The van der Waals surface area contributed by atoms with Gasteiger partial charge >= 0.3 is 5.97 Å². The molecule has 0 radical (unpaired) electrons. The monoisotopic (exact) mass is 440 g/mol. The second kappa shape index (κ2) is 9.18. The Morgan fingerprint density at radius 1 is 1.16 bits per heavy atom. The average Bonchev–Trinajstić information content (AvgIpc) is 3.14. The molecule has 6 heteroatoms. The third kappa shape index (κ3) is 4.51. The van der Waals surface area contributed by atoms with Crippen LogP contribution in [-0.2, 0) is 20.7 Å². The number of amides is 1. The number of halogens is 1. The molecule has 32 heavy (non-hydrogen) atoms. The van der Waals surface area contributed by atoms with Gasteiger partial charge < -0.3 is 9.64 Å². The molecular formula is C26H33FN2O3. The molecule has 1 amide bonds. The van der Waals surface area contributed by atoms with Crippen LogP contribution in [0.3, 0.4) is 0 Å². The Hall–Kier alpha value is -2.47. The highest BCUT2D eigenvalue weighted by molar-refractivity contribution is 5.97. The van der Waals surface area contributed by atoms with Crippen LogP contribution < -0.4 is 0 Å². The predicted molar refractivity (Wildman–Crippen MR) is 122 cm³/mol. The minimum Gasteiger partial charge on any atom is -0.457 e. The molecule has 2 unspecified atom stereocenters. The Kier molecular flexibility index (Phi) is 6.52. The van der Waals surface area contributed by atoms with Crippen molar-refractivity contribution < 1.29 is 18.7 Å². The van der Waals surface area contributed by atoms with Crippen LogP contribution in [0, 0.1) is 31.5 Å². The van der Waals surface area contributed by atoms with E-state index < -0.39 is 0 Å². The zero-order valence-corrected chi connectivity index (χ0v) is 19.5. The normalized spacial score (nSPS) is 22.5. The summed E-state index contributed by atoms with van der Waals surface area (Å²) in [5.74, 6) is 0.374. The van der Waals surface area contributed by atoms with Gasteiger partial charge in [-0.2, -0.15) is 0 Å². The molecule has 1 aromatic rings. The number of nitrogens with zero attached hydrogens (tertiary/aromatic N) is 2. The molecule has 0 bridgehead atoms. The molecular weight excluding hydrogens is 407 g/mol. The van der Waals surface area contributed by atoms with Crippen molar-refractivity contribution in [3.8, 4) is 0 Å². The Morgan fingerprint density at radius 3 is 2.56 bits per heavy atom. The number of hydrogen-bond donors (Lipinski definition) is 0. The van der Waals surface area contributed by atoms with E-state index in [4.69, 9.17) is 4.74 Å². The van der Waals surface area contributed by atoms with Crippen molar-refractivity contribution in [3.05, 3.63) is 57.4 Å². The lowest BCUT2D eigenvalue weighted by molar-refractivity contribution is -0.135. The smallest absolute Gasteiger partial charge is 0.338 e. The topological polar surface area (TPSA) is 49.9 Å². The number of rotatable bonds is 5. The summed E-state index contributed by atoms with van der Waals surface area (Å²) in [6.45, 7) is 12.6. The molecule has 172 valence electrons. The van der Waals surface area contributed by atoms with E-state index in [1.165, 1.54) is 11.6 Å². The molecule has 0 aromatic heterocycles. The van der Waals surface area contributed by atoms with Crippen LogP contribution in [0.2, 0.25) is 0 Å². The molecule has 2 saturated heterocycles. The lowest BCUT2D eigenvalue weighted by Gasteiger charge is -2.38. The Balaban J connectivity index is 1.29. The van der Waals surface area contributed by atoms with Gasteiger partial charge in [0.05, 0.1) is 12.0 Å². The van der Waals surface area contributed by atoms with Gasteiger partial charge in [0.2, 0.25) is 5.91 Å². The highest BCUT2D eigenvalue weighted by atomic mass is 19.1. The van der Waals surface area contributed by atoms with E-state index in [2.05, 4.69) is 18.7 Å². The summed E-state index contributed by atoms with van der Waals surface area (Å²) in [6, 6.07) is 3.32. The van der Waals surface area contributed by atoms with E-state index in [1.54, 1.807) is 6.07 Å². The van der Waals surface area contributed by atoms with Crippen LogP contribution in [0.25, 0.3) is 0 Å². The van der Waals surface area contributed by atoms with Crippen molar-refractivity contribution in [2.75, 3.05) is 39.3 Å². The largest absolute Gasteiger partial charge is 0.457 e. The van der Waals surface area contributed by atoms with Crippen LogP contribution in [0.15, 0.2) is 34.9 Å². The summed E-state index contributed by atoms with van der Waals surface area (Å²) in [5.41, 5.74) is 5.52. The fourth-order valence-electron chi connectivity index (χ4n) is 5.22. The molecule has 4 rings (SSSR count). The Labute approximate surface area is 189 Å². The number of ether oxygens (including phenoxy) is 1. The summed E-state index contributed by atoms with van der Waals surface area (Å²) in [6.07, 6.45) is 3.04. The fraction of sp³-hybridized carbons (Fsp3) is 0.538. The molecule has 1 aromatic carbocycles. The first-order valence-electron chi connectivity index (χ1n) is 11.6. The standard InChI is InChI=1S/C26H33FN2O3/c1-16-11-20(24(27)12-17(16)2)13-25(30)29-9-7-28(8-10-29)14-18(3)21-5-6-22-23(19(21)4)15-32-26(22)31/h6,11-12,18,21H,5,7-10,13-15H2,1-4H3. The number of piperazine rings is 1. The molecule has 2 atom stereocenters. The van der Waals surface area contributed by atoms with Gasteiger partial charge in [0, 0.05) is 38.3 Å². The molecule has 0 N–H and O–H groups in total. The fourth-order valence-corrected chi connectivity index (χ4v) is 5.22. The third-order valence-corrected chi connectivity index (χ3v) is 7.46. The van der Waals surface area contributed by atoms with E-state index in [-0.39, 0.29) is 24.1 Å². The second-order valence-corrected chi connectivity index (χ2v) is 9.56. The van der Waals surface area contributed by atoms with Crippen molar-refractivity contribution in [1.82, 2.24) is 9.80 Å². The lowest BCUT2D eigenvalue weighted by atomic mass is 9.77. The first-order valence-corrected chi connectivity index (χ1v) is 11.6. The highest BCUT2D eigenvalue weighted by Crippen LogP contribution is 2.38. The van der Waals surface area contributed by atoms with Gasteiger partial charge in [0.1, 0.15) is 12.4 Å². The number of fused-ring (bicyclic) bond motifs is 1. The zero-order valence-electron chi connectivity index (χ0n) is 19.5. The van der Waals surface area contributed by atoms with Crippen molar-refractivity contribution >= 4 is 11.9 Å². The second-order valence-electron chi connectivity index (χ2n) is 9.56. The average molecular weight is 441 g/mol. The van der Waals surface area contributed by atoms with E-state index >= 15 is 0 Å². The first-order chi connectivity index (χ1) is 15.2. The van der Waals surface area contributed by atoms with Crippen LogP contribution in [0.1, 0.15) is 37.0 Å².